The molecule has 0 amide bonds. The molecule has 1 saturated heterocycles. The van der Waals surface area contributed by atoms with Gasteiger partial charge in [0.1, 0.15) is 5.65 Å². The molecule has 5 heterocycles. The van der Waals surface area contributed by atoms with E-state index >= 15 is 0 Å². The van der Waals surface area contributed by atoms with Crippen LogP contribution in [-0.4, -0.2) is 28.0 Å². The van der Waals surface area contributed by atoms with Crippen molar-refractivity contribution in [3.63, 3.8) is 0 Å². The average Bonchev–Trinajstić information content (AvgIpc) is 3.49. The lowest BCUT2D eigenvalue weighted by Gasteiger charge is -2.33. The van der Waals surface area contributed by atoms with E-state index < -0.39 is 0 Å². The number of fused-ring (bicyclic) bond motifs is 2. The van der Waals surface area contributed by atoms with Gasteiger partial charge in [0.15, 0.2) is 0 Å². The van der Waals surface area contributed by atoms with Crippen LogP contribution in [0.25, 0.3) is 22.2 Å². The number of aromatic amines is 1. The highest BCUT2D eigenvalue weighted by Crippen LogP contribution is 2.37. The predicted molar refractivity (Wildman–Crippen MR) is 125 cm³/mol. The Morgan fingerprint density at radius 2 is 2.00 bits per heavy atom. The Labute approximate surface area is 182 Å². The topological polar surface area (TPSA) is 56.8 Å². The van der Waals surface area contributed by atoms with Crippen molar-refractivity contribution in [1.82, 2.24) is 20.3 Å². The number of H-pyrrole nitrogens is 1. The number of benzene rings is 1. The Kier molecular flexibility index (Phi) is 4.50. The quantitative estimate of drug-likeness (QED) is 0.504. The Bertz CT molecular complexity index is 1240. The van der Waals surface area contributed by atoms with E-state index in [9.17, 15) is 0 Å². The maximum absolute atomic E-state index is 4.68. The van der Waals surface area contributed by atoms with Gasteiger partial charge in [-0.15, -0.1) is 0 Å². The molecule has 1 unspecified atom stereocenters. The van der Waals surface area contributed by atoms with Gasteiger partial charge in [-0.3, -0.25) is 4.98 Å². The van der Waals surface area contributed by atoms with Crippen molar-refractivity contribution < 1.29 is 0 Å². The number of hydrogen-bond acceptors (Lipinski definition) is 4. The zero-order chi connectivity index (χ0) is 20.8. The van der Waals surface area contributed by atoms with Crippen LogP contribution >= 0.6 is 0 Å². The van der Waals surface area contributed by atoms with Crippen LogP contribution in [-0.2, 0) is 13.0 Å². The number of pyridine rings is 2. The molecule has 4 aromatic rings. The van der Waals surface area contributed by atoms with Gasteiger partial charge >= 0.3 is 0 Å². The number of anilines is 1. The number of hydrogen-bond donors (Lipinski definition) is 2. The Morgan fingerprint density at radius 3 is 2.84 bits per heavy atom. The van der Waals surface area contributed by atoms with E-state index in [0.29, 0.717) is 6.04 Å². The zero-order valence-electron chi connectivity index (χ0n) is 17.9. The van der Waals surface area contributed by atoms with Gasteiger partial charge < -0.3 is 15.2 Å². The molecule has 1 aromatic carbocycles. The second-order valence-electron chi connectivity index (χ2n) is 8.82. The lowest BCUT2D eigenvalue weighted by Crippen LogP contribution is -2.32. The molecule has 156 valence electrons. The third kappa shape index (κ3) is 3.29. The first kappa shape index (κ1) is 18.6. The SMILES string of the molecule is Cc1c[nH]c2ncc(-c3cc4c(c(C5CCCN5)c3)CN(c3ccncc3)CC4)cc12. The van der Waals surface area contributed by atoms with E-state index in [2.05, 4.69) is 62.4 Å². The molecule has 2 aliphatic rings. The highest BCUT2D eigenvalue weighted by molar-refractivity contribution is 5.84. The van der Waals surface area contributed by atoms with Crippen LogP contribution in [0.1, 0.15) is 41.1 Å². The molecule has 0 aliphatic carbocycles. The van der Waals surface area contributed by atoms with E-state index in [-0.39, 0.29) is 0 Å². The first-order valence-electron chi connectivity index (χ1n) is 11.2. The highest BCUT2D eigenvalue weighted by atomic mass is 15.1. The number of aromatic nitrogens is 3. The van der Waals surface area contributed by atoms with Crippen molar-refractivity contribution >= 4 is 16.7 Å². The standard InChI is InChI=1S/C26H27N5/c1-17-14-29-26-22(17)13-20(15-30-26)19-11-18-6-10-31(21-4-8-27-9-5-21)16-24(18)23(12-19)25-3-2-7-28-25/h4-5,8-9,11-15,25,28H,2-3,6-7,10,16H2,1H3,(H,29,30). The van der Waals surface area contributed by atoms with Crippen molar-refractivity contribution in [3.05, 3.63) is 77.4 Å². The van der Waals surface area contributed by atoms with Crippen molar-refractivity contribution in [2.45, 2.75) is 38.8 Å². The van der Waals surface area contributed by atoms with Gasteiger partial charge in [0.05, 0.1) is 0 Å². The number of aryl methyl sites for hydroxylation is 1. The molecular weight excluding hydrogens is 382 g/mol. The molecule has 3 aromatic heterocycles. The summed E-state index contributed by atoms with van der Waals surface area (Å²) in [5.41, 5.74) is 10.4. The minimum atomic E-state index is 0.441. The summed E-state index contributed by atoms with van der Waals surface area (Å²) in [5.74, 6) is 0. The van der Waals surface area contributed by atoms with Gasteiger partial charge in [0.2, 0.25) is 0 Å². The Hall–Kier alpha value is -3.18. The smallest absolute Gasteiger partial charge is 0.137 e. The molecule has 0 bridgehead atoms. The number of rotatable bonds is 3. The average molecular weight is 410 g/mol. The first-order chi connectivity index (χ1) is 15.3. The second kappa shape index (κ2) is 7.50. The predicted octanol–water partition coefficient (Wildman–Crippen LogP) is 4.92. The molecule has 31 heavy (non-hydrogen) atoms. The molecule has 0 saturated carbocycles. The Morgan fingerprint density at radius 1 is 1.10 bits per heavy atom. The van der Waals surface area contributed by atoms with Crippen molar-refractivity contribution in [2.24, 2.45) is 0 Å². The minimum Gasteiger partial charge on any atom is -0.367 e. The van der Waals surface area contributed by atoms with E-state index in [4.69, 9.17) is 0 Å². The van der Waals surface area contributed by atoms with Crippen molar-refractivity contribution in [3.8, 4) is 11.1 Å². The summed E-state index contributed by atoms with van der Waals surface area (Å²) in [5, 5.41) is 4.95. The van der Waals surface area contributed by atoms with Crippen LogP contribution in [0.3, 0.4) is 0 Å². The summed E-state index contributed by atoms with van der Waals surface area (Å²) in [6, 6.07) is 11.8. The summed E-state index contributed by atoms with van der Waals surface area (Å²) in [6.45, 7) is 5.24. The van der Waals surface area contributed by atoms with Crippen LogP contribution in [0.5, 0.6) is 0 Å². The minimum absolute atomic E-state index is 0.441. The van der Waals surface area contributed by atoms with Crippen LogP contribution in [0, 0.1) is 6.92 Å². The van der Waals surface area contributed by atoms with Gasteiger partial charge in [0, 0.05) is 60.6 Å². The van der Waals surface area contributed by atoms with Crippen molar-refractivity contribution in [2.75, 3.05) is 18.0 Å². The number of nitrogens with one attached hydrogen (secondary N) is 2. The fourth-order valence-electron chi connectivity index (χ4n) is 5.19. The molecule has 6 rings (SSSR count). The summed E-state index contributed by atoms with van der Waals surface area (Å²) < 4.78 is 0. The van der Waals surface area contributed by atoms with E-state index in [1.807, 2.05) is 24.8 Å². The number of nitrogens with zero attached hydrogens (tertiary/aromatic N) is 3. The van der Waals surface area contributed by atoms with Crippen LogP contribution in [0.4, 0.5) is 5.69 Å². The third-order valence-electron chi connectivity index (χ3n) is 6.91. The van der Waals surface area contributed by atoms with Gasteiger partial charge in [0.25, 0.3) is 0 Å². The molecule has 1 fully saturated rings. The molecule has 0 spiro atoms. The van der Waals surface area contributed by atoms with Crippen LogP contribution in [0.15, 0.2) is 55.1 Å². The van der Waals surface area contributed by atoms with Gasteiger partial charge in [-0.1, -0.05) is 6.07 Å². The van der Waals surface area contributed by atoms with E-state index in [1.54, 1.807) is 0 Å². The molecule has 2 aliphatic heterocycles. The lowest BCUT2D eigenvalue weighted by atomic mass is 9.87. The van der Waals surface area contributed by atoms with Gasteiger partial charge in [-0.05, 0) is 84.8 Å². The zero-order valence-corrected chi connectivity index (χ0v) is 17.9. The van der Waals surface area contributed by atoms with Gasteiger partial charge in [-0.25, -0.2) is 4.98 Å². The monoisotopic (exact) mass is 409 g/mol. The van der Waals surface area contributed by atoms with E-state index in [1.165, 1.54) is 57.3 Å². The summed E-state index contributed by atoms with van der Waals surface area (Å²) in [4.78, 5) is 14.6. The maximum Gasteiger partial charge on any atom is 0.137 e. The summed E-state index contributed by atoms with van der Waals surface area (Å²) >= 11 is 0. The first-order valence-corrected chi connectivity index (χ1v) is 11.2. The fraction of sp³-hybridized carbons (Fsp3) is 0.308. The molecule has 1 atom stereocenters. The molecule has 5 nitrogen and oxygen atoms in total. The Balaban J connectivity index is 1.45. The van der Waals surface area contributed by atoms with Crippen LogP contribution < -0.4 is 10.2 Å². The van der Waals surface area contributed by atoms with Crippen LogP contribution in [0.2, 0.25) is 0 Å². The molecular formula is C26H27N5. The van der Waals surface area contributed by atoms with E-state index in [0.717, 1.165) is 31.7 Å². The highest BCUT2D eigenvalue weighted by Gasteiger charge is 2.26. The second-order valence-corrected chi connectivity index (χ2v) is 8.82. The summed E-state index contributed by atoms with van der Waals surface area (Å²) in [7, 11) is 0. The summed E-state index contributed by atoms with van der Waals surface area (Å²) in [6.07, 6.45) is 11.3. The fourth-order valence-corrected chi connectivity index (χ4v) is 5.19. The third-order valence-corrected chi connectivity index (χ3v) is 6.91. The largest absolute Gasteiger partial charge is 0.367 e. The lowest BCUT2D eigenvalue weighted by molar-refractivity contribution is 0.625. The molecule has 2 N–H and O–H groups in total. The molecule has 5 heteroatoms. The normalized spacial score (nSPS) is 18.5. The van der Waals surface area contributed by atoms with Crippen molar-refractivity contribution in [1.29, 1.82) is 0 Å². The molecule has 0 radical (unpaired) electrons. The van der Waals surface area contributed by atoms with Gasteiger partial charge in [-0.2, -0.15) is 0 Å². The maximum atomic E-state index is 4.68.